The molecule has 0 saturated heterocycles. The summed E-state index contributed by atoms with van der Waals surface area (Å²) in [6.07, 6.45) is 0.413. The first-order valence-electron chi connectivity index (χ1n) is 11.3. The summed E-state index contributed by atoms with van der Waals surface area (Å²) < 4.78 is 18.8. The maximum Gasteiger partial charge on any atom is 0.344 e. The fraction of sp³-hybridized carbons (Fsp3) is 0.111. The van der Waals surface area contributed by atoms with Crippen molar-refractivity contribution in [1.82, 2.24) is 9.66 Å². The van der Waals surface area contributed by atoms with Gasteiger partial charge >= 0.3 is 5.97 Å². The lowest BCUT2D eigenvalue weighted by atomic mass is 10.2. The zero-order chi connectivity index (χ0) is 27.0. The number of carbonyl (C=O) groups is 1. The number of carboxylic acid groups (broad SMARTS) is 1. The smallest absolute Gasteiger partial charge is 0.344 e. The van der Waals surface area contributed by atoms with Crippen LogP contribution in [0.3, 0.4) is 0 Å². The van der Waals surface area contributed by atoms with Crippen molar-refractivity contribution in [1.29, 1.82) is 0 Å². The molecule has 38 heavy (non-hydrogen) atoms. The van der Waals surface area contributed by atoms with Gasteiger partial charge in [0.2, 0.25) is 5.82 Å². The molecule has 0 spiro atoms. The van der Waals surface area contributed by atoms with Crippen molar-refractivity contribution in [2.75, 3.05) is 7.11 Å². The molecule has 0 amide bonds. The van der Waals surface area contributed by atoms with Gasteiger partial charge in [0.1, 0.15) is 5.58 Å². The summed E-state index contributed by atoms with van der Waals surface area (Å²) in [5.74, 6) is 0.0863. The summed E-state index contributed by atoms with van der Waals surface area (Å²) in [6.45, 7) is 1.43. The van der Waals surface area contributed by atoms with Crippen molar-refractivity contribution < 1.29 is 23.8 Å². The van der Waals surface area contributed by atoms with E-state index < -0.39 is 12.1 Å². The molecule has 5 rings (SSSR count). The monoisotopic (exact) mass is 643 g/mol. The highest BCUT2D eigenvalue weighted by Gasteiger charge is 2.20. The Hall–Kier alpha value is -3.90. The largest absolute Gasteiger partial charge is 0.493 e. The van der Waals surface area contributed by atoms with Gasteiger partial charge in [0.25, 0.3) is 5.56 Å². The van der Waals surface area contributed by atoms with E-state index in [1.165, 1.54) is 24.9 Å². The number of benzene rings is 3. The van der Waals surface area contributed by atoms with Gasteiger partial charge in [-0.1, -0.05) is 23.7 Å². The van der Waals surface area contributed by atoms with E-state index >= 15 is 0 Å². The lowest BCUT2D eigenvalue weighted by Crippen LogP contribution is -2.23. The van der Waals surface area contributed by atoms with E-state index in [1.807, 2.05) is 22.6 Å². The Morgan fingerprint density at radius 3 is 2.76 bits per heavy atom. The summed E-state index contributed by atoms with van der Waals surface area (Å²) in [4.78, 5) is 29.4. The number of nitrogens with zero attached hydrogens (tertiary/aromatic N) is 3. The number of aliphatic carboxylic acids is 1. The van der Waals surface area contributed by atoms with Crippen LogP contribution in [0.1, 0.15) is 12.5 Å². The van der Waals surface area contributed by atoms with E-state index in [0.717, 1.165) is 5.39 Å². The number of rotatable bonds is 7. The van der Waals surface area contributed by atoms with E-state index in [-0.39, 0.29) is 11.4 Å². The Bertz CT molecular complexity index is 1800. The standard InChI is InChI=1S/C27H19ClIN3O6/c1-14(27(34)35)37-24-19(29)9-15(10-22(24)36-2)13-30-32-25(31-20-6-4-3-5-18(20)26(32)33)23-12-16-11-17(28)7-8-21(16)38-23/h3-14H,1-2H3,(H,34,35)/t14-/m0/s1. The fourth-order valence-electron chi connectivity index (χ4n) is 3.79. The minimum absolute atomic E-state index is 0.217. The topological polar surface area (TPSA) is 116 Å². The van der Waals surface area contributed by atoms with Crippen LogP contribution in [0.15, 0.2) is 75.0 Å². The van der Waals surface area contributed by atoms with Crippen molar-refractivity contribution in [2.24, 2.45) is 5.10 Å². The van der Waals surface area contributed by atoms with Gasteiger partial charge in [-0.05, 0) is 83.6 Å². The van der Waals surface area contributed by atoms with Crippen LogP contribution in [0.2, 0.25) is 5.02 Å². The molecule has 9 nitrogen and oxygen atoms in total. The first kappa shape index (κ1) is 25.7. The van der Waals surface area contributed by atoms with Crippen LogP contribution in [-0.2, 0) is 4.79 Å². The van der Waals surface area contributed by atoms with E-state index in [2.05, 4.69) is 10.1 Å². The van der Waals surface area contributed by atoms with E-state index in [1.54, 1.807) is 60.7 Å². The molecule has 2 heterocycles. The molecule has 0 aliphatic carbocycles. The predicted octanol–water partition coefficient (Wildman–Crippen LogP) is 5.81. The normalized spacial score (nSPS) is 12.3. The first-order valence-corrected chi connectivity index (χ1v) is 12.7. The number of fused-ring (bicyclic) bond motifs is 2. The molecule has 5 aromatic rings. The zero-order valence-corrected chi connectivity index (χ0v) is 22.9. The van der Waals surface area contributed by atoms with Gasteiger partial charge in [0, 0.05) is 10.4 Å². The SMILES string of the molecule is COc1cc(C=Nn2c(-c3cc4cc(Cl)ccc4o3)nc3ccccc3c2=O)cc(I)c1O[C@@H](C)C(=O)O. The zero-order valence-electron chi connectivity index (χ0n) is 20.0. The third-order valence-corrected chi connectivity index (χ3v) is 6.71. The lowest BCUT2D eigenvalue weighted by molar-refractivity contribution is -0.144. The molecular weight excluding hydrogens is 625 g/mol. The number of carboxylic acids is 1. The fourth-order valence-corrected chi connectivity index (χ4v) is 4.73. The molecule has 2 aromatic heterocycles. The van der Waals surface area contributed by atoms with Gasteiger partial charge in [0.05, 0.1) is 27.8 Å². The van der Waals surface area contributed by atoms with E-state index in [0.29, 0.717) is 47.9 Å². The third-order valence-electron chi connectivity index (χ3n) is 5.67. The molecule has 0 fully saturated rings. The number of aromatic nitrogens is 2. The number of halogens is 2. The molecule has 0 aliphatic heterocycles. The summed E-state index contributed by atoms with van der Waals surface area (Å²) in [6, 6.07) is 17.3. The van der Waals surface area contributed by atoms with Crippen LogP contribution >= 0.6 is 34.2 Å². The Morgan fingerprint density at radius 2 is 2.00 bits per heavy atom. The van der Waals surface area contributed by atoms with Crippen LogP contribution in [0.4, 0.5) is 0 Å². The highest BCUT2D eigenvalue weighted by molar-refractivity contribution is 14.1. The van der Waals surface area contributed by atoms with Gasteiger partial charge < -0.3 is 19.0 Å². The minimum atomic E-state index is -1.10. The third kappa shape index (κ3) is 4.96. The number of para-hydroxylation sites is 1. The Balaban J connectivity index is 1.63. The second-order valence-corrected chi connectivity index (χ2v) is 9.84. The van der Waals surface area contributed by atoms with Gasteiger partial charge in [-0.3, -0.25) is 4.79 Å². The summed E-state index contributed by atoms with van der Waals surface area (Å²) in [5, 5.41) is 15.4. The summed E-state index contributed by atoms with van der Waals surface area (Å²) in [5.41, 5.74) is 1.30. The minimum Gasteiger partial charge on any atom is -0.493 e. The van der Waals surface area contributed by atoms with Gasteiger partial charge in [-0.25, -0.2) is 9.78 Å². The van der Waals surface area contributed by atoms with Crippen LogP contribution < -0.4 is 15.0 Å². The second kappa shape index (κ2) is 10.5. The van der Waals surface area contributed by atoms with Crippen molar-refractivity contribution in [3.63, 3.8) is 0 Å². The van der Waals surface area contributed by atoms with Crippen molar-refractivity contribution >= 4 is 68.2 Å². The summed E-state index contributed by atoms with van der Waals surface area (Å²) in [7, 11) is 1.45. The Labute approximate surface area is 234 Å². The Kier molecular flexibility index (Phi) is 7.09. The van der Waals surface area contributed by atoms with Crippen molar-refractivity contribution in [2.45, 2.75) is 13.0 Å². The van der Waals surface area contributed by atoms with Crippen molar-refractivity contribution in [3.8, 4) is 23.1 Å². The molecule has 0 bridgehead atoms. The second-order valence-electron chi connectivity index (χ2n) is 8.24. The molecule has 0 saturated carbocycles. The lowest BCUT2D eigenvalue weighted by Gasteiger charge is -2.16. The molecule has 1 atom stereocenters. The first-order chi connectivity index (χ1) is 18.2. The highest BCUT2D eigenvalue weighted by atomic mass is 127. The average Bonchev–Trinajstić information content (AvgIpc) is 3.32. The molecule has 0 radical (unpaired) electrons. The molecule has 0 aliphatic rings. The summed E-state index contributed by atoms with van der Waals surface area (Å²) >= 11 is 8.16. The quantitative estimate of drug-likeness (QED) is 0.176. The predicted molar refractivity (Wildman–Crippen MR) is 153 cm³/mol. The number of hydrogen-bond acceptors (Lipinski definition) is 7. The number of furan rings is 1. The van der Waals surface area contributed by atoms with Crippen LogP contribution in [-0.4, -0.2) is 40.2 Å². The van der Waals surface area contributed by atoms with Gasteiger partial charge in [-0.15, -0.1) is 0 Å². The molecule has 3 aromatic carbocycles. The highest BCUT2D eigenvalue weighted by Crippen LogP contribution is 2.34. The number of methoxy groups -OCH3 is 1. The average molecular weight is 644 g/mol. The molecule has 0 unspecified atom stereocenters. The van der Waals surface area contributed by atoms with Gasteiger partial charge in [0.15, 0.2) is 23.4 Å². The maximum atomic E-state index is 13.5. The van der Waals surface area contributed by atoms with E-state index in [4.69, 9.17) is 25.5 Å². The van der Waals surface area contributed by atoms with Crippen LogP contribution in [0, 0.1) is 3.57 Å². The Morgan fingerprint density at radius 1 is 1.21 bits per heavy atom. The molecule has 11 heteroatoms. The molecule has 192 valence electrons. The van der Waals surface area contributed by atoms with Crippen LogP contribution in [0.25, 0.3) is 33.5 Å². The molecular formula is C27H19ClIN3O6. The van der Waals surface area contributed by atoms with E-state index in [9.17, 15) is 14.7 Å². The van der Waals surface area contributed by atoms with Crippen LogP contribution in [0.5, 0.6) is 11.5 Å². The van der Waals surface area contributed by atoms with Crippen molar-refractivity contribution in [3.05, 3.63) is 85.2 Å². The van der Waals surface area contributed by atoms with Gasteiger partial charge in [-0.2, -0.15) is 9.78 Å². The number of hydrogen-bond donors (Lipinski definition) is 1. The maximum absolute atomic E-state index is 13.5. The number of ether oxygens (including phenoxy) is 2. The molecule has 1 N–H and O–H groups in total.